The molecule has 0 bridgehead atoms. The average Bonchev–Trinajstić information content (AvgIpc) is 2.74. The van der Waals surface area contributed by atoms with Gasteiger partial charge in [0, 0.05) is 6.54 Å². The summed E-state index contributed by atoms with van der Waals surface area (Å²) in [5.41, 5.74) is 11.1. The molecule has 0 aliphatic carbocycles. The third-order valence-electron chi connectivity index (χ3n) is 1.56. The van der Waals surface area contributed by atoms with Gasteiger partial charge in [-0.3, -0.25) is 4.68 Å². The Balaban J connectivity index is 2.24. The highest BCUT2D eigenvalue weighted by molar-refractivity contribution is 5.45. The molecule has 8 nitrogen and oxygen atoms in total. The Hall–Kier alpha value is -1.96. The fourth-order valence-corrected chi connectivity index (χ4v) is 0.977. The molecule has 14 heavy (non-hydrogen) atoms. The zero-order valence-electron chi connectivity index (χ0n) is 7.29. The normalized spacial score (nSPS) is 10.6. The highest BCUT2D eigenvalue weighted by atomic mass is 16.5. The van der Waals surface area contributed by atoms with Crippen LogP contribution >= 0.6 is 0 Å². The van der Waals surface area contributed by atoms with Crippen LogP contribution in [-0.2, 0) is 6.54 Å². The minimum absolute atomic E-state index is 0.0772. The van der Waals surface area contributed by atoms with Gasteiger partial charge in [-0.05, 0) is 5.16 Å². The predicted octanol–water partition coefficient (Wildman–Crippen LogP) is -1.13. The molecule has 8 heteroatoms. The second-order valence-corrected chi connectivity index (χ2v) is 2.61. The van der Waals surface area contributed by atoms with Crippen LogP contribution in [0.15, 0.2) is 10.7 Å². The summed E-state index contributed by atoms with van der Waals surface area (Å²) in [6.45, 7) is 1.09. The van der Waals surface area contributed by atoms with Crippen molar-refractivity contribution >= 4 is 5.95 Å². The monoisotopic (exact) mass is 195 g/mol. The molecule has 0 aliphatic rings. The van der Waals surface area contributed by atoms with Crippen molar-refractivity contribution in [2.45, 2.75) is 6.54 Å². The zero-order valence-corrected chi connectivity index (χ0v) is 7.29. The lowest BCUT2D eigenvalue weighted by molar-refractivity contribution is 0.431. The minimum Gasteiger partial charge on any atom is -0.365 e. The van der Waals surface area contributed by atoms with Gasteiger partial charge in [-0.1, -0.05) is 5.21 Å². The first-order chi connectivity index (χ1) is 6.79. The Morgan fingerprint density at radius 1 is 1.50 bits per heavy atom. The van der Waals surface area contributed by atoms with Crippen LogP contribution in [0.5, 0.6) is 0 Å². The maximum Gasteiger partial charge on any atom is 0.281 e. The minimum atomic E-state index is 0.0772. The lowest BCUT2D eigenvalue weighted by Gasteiger charge is -1.91. The second kappa shape index (κ2) is 3.42. The van der Waals surface area contributed by atoms with Gasteiger partial charge >= 0.3 is 0 Å². The molecule has 2 rings (SSSR count). The van der Waals surface area contributed by atoms with E-state index in [1.165, 1.54) is 0 Å². The number of nitrogens with zero attached hydrogens (tertiary/aromatic N) is 5. The van der Waals surface area contributed by atoms with Gasteiger partial charge in [-0.2, -0.15) is 4.98 Å². The van der Waals surface area contributed by atoms with Gasteiger partial charge in [0.2, 0.25) is 0 Å². The first-order valence-electron chi connectivity index (χ1n) is 3.99. The van der Waals surface area contributed by atoms with Crippen molar-refractivity contribution in [1.82, 2.24) is 25.1 Å². The van der Waals surface area contributed by atoms with Gasteiger partial charge in [-0.15, -0.1) is 5.10 Å². The van der Waals surface area contributed by atoms with Gasteiger partial charge in [0.25, 0.3) is 11.8 Å². The Morgan fingerprint density at radius 2 is 2.36 bits per heavy atom. The highest BCUT2D eigenvalue weighted by Crippen LogP contribution is 2.13. The molecular weight excluding hydrogens is 186 g/mol. The van der Waals surface area contributed by atoms with Crippen molar-refractivity contribution in [3.63, 3.8) is 0 Å². The smallest absolute Gasteiger partial charge is 0.281 e. The van der Waals surface area contributed by atoms with Crippen LogP contribution in [0.25, 0.3) is 11.6 Å². The Labute approximate surface area is 78.9 Å². The van der Waals surface area contributed by atoms with Crippen molar-refractivity contribution < 1.29 is 4.52 Å². The summed E-state index contributed by atoms with van der Waals surface area (Å²) in [5.74, 6) is 0.333. The van der Waals surface area contributed by atoms with Gasteiger partial charge in [-0.25, -0.2) is 0 Å². The Kier molecular flexibility index (Phi) is 2.11. The van der Waals surface area contributed by atoms with E-state index in [4.69, 9.17) is 16.0 Å². The average molecular weight is 195 g/mol. The molecule has 0 aliphatic heterocycles. The van der Waals surface area contributed by atoms with E-state index in [-0.39, 0.29) is 11.8 Å². The summed E-state index contributed by atoms with van der Waals surface area (Å²) >= 11 is 0. The lowest BCUT2D eigenvalue weighted by Crippen LogP contribution is -2.10. The fraction of sp³-hybridized carbons (Fsp3) is 0.333. The Morgan fingerprint density at radius 3 is 3.00 bits per heavy atom. The molecule has 2 aromatic heterocycles. The van der Waals surface area contributed by atoms with Crippen molar-refractivity contribution in [1.29, 1.82) is 0 Å². The molecule has 0 saturated carbocycles. The molecule has 2 heterocycles. The van der Waals surface area contributed by atoms with Crippen LogP contribution in [0.4, 0.5) is 5.95 Å². The van der Waals surface area contributed by atoms with Gasteiger partial charge in [0.1, 0.15) is 0 Å². The van der Waals surface area contributed by atoms with E-state index < -0.39 is 0 Å². The van der Waals surface area contributed by atoms with E-state index in [0.717, 1.165) is 0 Å². The molecule has 0 amide bonds. The molecule has 0 fully saturated rings. The van der Waals surface area contributed by atoms with E-state index in [1.54, 1.807) is 10.9 Å². The molecule has 0 spiro atoms. The standard InChI is InChI=1S/C6H9N7O/c7-1-2-13-3-4(10-12-13)5-9-6(8)11-14-5/h3H,1-2,7H2,(H2,8,11). The van der Waals surface area contributed by atoms with Crippen LogP contribution < -0.4 is 11.5 Å². The largest absolute Gasteiger partial charge is 0.365 e. The van der Waals surface area contributed by atoms with E-state index >= 15 is 0 Å². The molecular formula is C6H9N7O. The third-order valence-corrected chi connectivity index (χ3v) is 1.56. The highest BCUT2D eigenvalue weighted by Gasteiger charge is 2.10. The fourth-order valence-electron chi connectivity index (χ4n) is 0.977. The first kappa shape index (κ1) is 8.63. The molecule has 2 aromatic rings. The topological polar surface area (TPSA) is 122 Å². The number of hydrogen-bond donors (Lipinski definition) is 2. The summed E-state index contributed by atoms with van der Waals surface area (Å²) in [4.78, 5) is 3.81. The number of anilines is 1. The van der Waals surface area contributed by atoms with Gasteiger partial charge < -0.3 is 16.0 Å². The number of hydrogen-bond acceptors (Lipinski definition) is 7. The van der Waals surface area contributed by atoms with Crippen molar-refractivity contribution in [2.75, 3.05) is 12.3 Å². The lowest BCUT2D eigenvalue weighted by atomic mass is 10.5. The molecule has 0 atom stereocenters. The SMILES string of the molecule is NCCn1cc(-c2nc(N)no2)nn1. The van der Waals surface area contributed by atoms with Crippen molar-refractivity contribution in [3.05, 3.63) is 6.20 Å². The van der Waals surface area contributed by atoms with Crippen LogP contribution in [0.3, 0.4) is 0 Å². The maximum absolute atomic E-state index is 5.35. The molecule has 0 unspecified atom stereocenters. The van der Waals surface area contributed by atoms with E-state index in [1.807, 2.05) is 0 Å². The van der Waals surface area contributed by atoms with E-state index in [0.29, 0.717) is 18.8 Å². The maximum atomic E-state index is 5.35. The number of aromatic nitrogens is 5. The van der Waals surface area contributed by atoms with Crippen LogP contribution in [0, 0.1) is 0 Å². The zero-order chi connectivity index (χ0) is 9.97. The van der Waals surface area contributed by atoms with Crippen molar-refractivity contribution in [3.8, 4) is 11.6 Å². The number of nitrogen functional groups attached to an aromatic ring is 1. The second-order valence-electron chi connectivity index (χ2n) is 2.61. The van der Waals surface area contributed by atoms with Crippen LogP contribution in [0.1, 0.15) is 0 Å². The first-order valence-corrected chi connectivity index (χ1v) is 3.99. The number of rotatable bonds is 3. The third kappa shape index (κ3) is 1.55. The summed E-state index contributed by atoms with van der Waals surface area (Å²) in [6, 6.07) is 0. The summed E-state index contributed by atoms with van der Waals surface area (Å²) < 4.78 is 6.40. The summed E-state index contributed by atoms with van der Waals surface area (Å²) in [5, 5.41) is 11.1. The molecule has 0 saturated heterocycles. The molecule has 4 N–H and O–H groups in total. The quantitative estimate of drug-likeness (QED) is 0.635. The van der Waals surface area contributed by atoms with E-state index in [9.17, 15) is 0 Å². The van der Waals surface area contributed by atoms with Crippen LogP contribution in [0.2, 0.25) is 0 Å². The van der Waals surface area contributed by atoms with Crippen molar-refractivity contribution in [2.24, 2.45) is 5.73 Å². The summed E-state index contributed by atoms with van der Waals surface area (Å²) in [6.07, 6.45) is 1.67. The van der Waals surface area contributed by atoms with E-state index in [2.05, 4.69) is 20.5 Å². The molecule has 0 aromatic carbocycles. The van der Waals surface area contributed by atoms with Gasteiger partial charge in [0.15, 0.2) is 5.69 Å². The summed E-state index contributed by atoms with van der Waals surface area (Å²) in [7, 11) is 0. The van der Waals surface area contributed by atoms with Crippen LogP contribution in [-0.4, -0.2) is 31.7 Å². The molecule has 0 radical (unpaired) electrons. The molecule has 74 valence electrons. The predicted molar refractivity (Wildman–Crippen MR) is 46.8 cm³/mol. The van der Waals surface area contributed by atoms with Gasteiger partial charge in [0.05, 0.1) is 12.7 Å². The Bertz CT molecular complexity index is 419. The number of nitrogens with two attached hydrogens (primary N) is 2.